The first kappa shape index (κ1) is 20.7. The fourth-order valence-electron chi connectivity index (χ4n) is 2.70. The number of nitrogens with one attached hydrogen (secondary N) is 1. The quantitative estimate of drug-likeness (QED) is 0.780. The average molecular weight is 384 g/mol. The van der Waals surface area contributed by atoms with E-state index in [9.17, 15) is 13.2 Å². The zero-order valence-corrected chi connectivity index (χ0v) is 16.8. The van der Waals surface area contributed by atoms with E-state index in [2.05, 4.69) is 5.32 Å². The summed E-state index contributed by atoms with van der Waals surface area (Å²) in [6, 6.07) is 7.21. The highest BCUT2D eigenvalue weighted by Gasteiger charge is 2.30. The third kappa shape index (κ3) is 5.18. The lowest BCUT2D eigenvalue weighted by Crippen LogP contribution is -2.46. The van der Waals surface area contributed by atoms with Gasteiger partial charge in [0.2, 0.25) is 0 Å². The molecule has 8 heteroatoms. The summed E-state index contributed by atoms with van der Waals surface area (Å²) in [6.07, 6.45) is 2.14. The van der Waals surface area contributed by atoms with Crippen LogP contribution in [-0.2, 0) is 10.2 Å². The third-order valence-electron chi connectivity index (χ3n) is 4.60. The summed E-state index contributed by atoms with van der Waals surface area (Å²) in [5.74, 6) is 0.604. The smallest absolute Gasteiger partial charge is 0.281 e. The van der Waals surface area contributed by atoms with Gasteiger partial charge in [0.15, 0.2) is 0 Å². The highest BCUT2D eigenvalue weighted by Crippen LogP contribution is 2.21. The van der Waals surface area contributed by atoms with Crippen molar-refractivity contribution in [3.8, 4) is 5.75 Å². The summed E-state index contributed by atoms with van der Waals surface area (Å²) in [5, 5.41) is 2.93. The maximum absolute atomic E-state index is 12.1. The van der Waals surface area contributed by atoms with E-state index in [0.717, 1.165) is 6.42 Å². The molecule has 0 radical (unpaired) electrons. The molecule has 0 spiro atoms. The van der Waals surface area contributed by atoms with E-state index in [1.54, 1.807) is 24.3 Å². The molecule has 1 aliphatic rings. The van der Waals surface area contributed by atoms with E-state index < -0.39 is 10.2 Å². The number of amides is 1. The van der Waals surface area contributed by atoms with Gasteiger partial charge < -0.3 is 10.1 Å². The molecule has 1 amide bonds. The number of benzene rings is 1. The molecule has 1 aromatic carbocycles. The Morgan fingerprint density at radius 1 is 1.27 bits per heavy atom. The van der Waals surface area contributed by atoms with Crippen LogP contribution in [0.5, 0.6) is 5.75 Å². The van der Waals surface area contributed by atoms with Crippen LogP contribution in [0.15, 0.2) is 24.3 Å². The molecule has 0 aliphatic carbocycles. The van der Waals surface area contributed by atoms with E-state index in [4.69, 9.17) is 4.74 Å². The molecule has 0 aromatic heterocycles. The summed E-state index contributed by atoms with van der Waals surface area (Å²) < 4.78 is 32.9. The van der Waals surface area contributed by atoms with Crippen LogP contribution in [-0.4, -0.2) is 62.3 Å². The van der Waals surface area contributed by atoms with Gasteiger partial charge >= 0.3 is 0 Å². The number of hydrogen-bond acceptors (Lipinski definition) is 4. The molecule has 1 saturated heterocycles. The Kier molecular flexibility index (Phi) is 7.02. The molecule has 2 rings (SSSR count). The van der Waals surface area contributed by atoms with Crippen LogP contribution in [0.1, 0.15) is 43.5 Å². The monoisotopic (exact) mass is 383 g/mol. The second-order valence-electron chi connectivity index (χ2n) is 6.81. The molecule has 7 nitrogen and oxygen atoms in total. The molecule has 1 atom stereocenters. The second kappa shape index (κ2) is 8.83. The number of carbonyl (C=O) groups excluding carboxylic acids is 1. The Morgan fingerprint density at radius 2 is 1.85 bits per heavy atom. The predicted molar refractivity (Wildman–Crippen MR) is 101 cm³/mol. The van der Waals surface area contributed by atoms with E-state index in [-0.39, 0.29) is 18.1 Å². The van der Waals surface area contributed by atoms with Crippen molar-refractivity contribution in [2.24, 2.45) is 0 Å². The molecule has 0 bridgehead atoms. The molecule has 1 N–H and O–H groups in total. The third-order valence-corrected chi connectivity index (χ3v) is 6.54. The van der Waals surface area contributed by atoms with Crippen LogP contribution in [0.3, 0.4) is 0 Å². The first-order valence-electron chi connectivity index (χ1n) is 8.99. The van der Waals surface area contributed by atoms with Crippen LogP contribution in [0, 0.1) is 0 Å². The highest BCUT2D eigenvalue weighted by molar-refractivity contribution is 7.86. The van der Waals surface area contributed by atoms with Crippen molar-refractivity contribution >= 4 is 16.1 Å². The van der Waals surface area contributed by atoms with Gasteiger partial charge in [-0.05, 0) is 50.5 Å². The summed E-state index contributed by atoms with van der Waals surface area (Å²) >= 11 is 0. The maximum atomic E-state index is 12.1. The fourth-order valence-corrected chi connectivity index (χ4v) is 3.83. The first-order chi connectivity index (χ1) is 12.2. The number of nitrogens with zero attached hydrogens (tertiary/aromatic N) is 2. The Labute approximate surface area is 156 Å². The minimum absolute atomic E-state index is 0.0246. The van der Waals surface area contributed by atoms with Gasteiger partial charge in [-0.15, -0.1) is 0 Å². The molecule has 1 heterocycles. The van der Waals surface area contributed by atoms with Crippen molar-refractivity contribution in [3.63, 3.8) is 0 Å². The van der Waals surface area contributed by atoms with E-state index >= 15 is 0 Å². The van der Waals surface area contributed by atoms with E-state index in [1.165, 1.54) is 22.7 Å². The highest BCUT2D eigenvalue weighted by atomic mass is 32.2. The molecule has 1 aromatic rings. The molecule has 0 saturated carbocycles. The van der Waals surface area contributed by atoms with Gasteiger partial charge in [0, 0.05) is 38.8 Å². The van der Waals surface area contributed by atoms with Crippen LogP contribution in [0.2, 0.25) is 0 Å². The molecule has 1 fully saturated rings. The Balaban J connectivity index is 1.88. The van der Waals surface area contributed by atoms with Crippen LogP contribution in [0.4, 0.5) is 0 Å². The number of ether oxygens (including phenoxy) is 1. The topological polar surface area (TPSA) is 79.0 Å². The van der Waals surface area contributed by atoms with E-state index in [0.29, 0.717) is 37.2 Å². The Bertz CT molecular complexity index is 696. The van der Waals surface area contributed by atoms with Gasteiger partial charge in [0.1, 0.15) is 11.9 Å². The van der Waals surface area contributed by atoms with Crippen molar-refractivity contribution in [2.45, 2.75) is 45.3 Å². The van der Waals surface area contributed by atoms with Gasteiger partial charge in [-0.1, -0.05) is 6.92 Å². The molecule has 26 heavy (non-hydrogen) atoms. The van der Waals surface area contributed by atoms with Crippen molar-refractivity contribution in [1.82, 2.24) is 13.9 Å². The van der Waals surface area contributed by atoms with Crippen molar-refractivity contribution < 1.29 is 17.9 Å². The Hall–Kier alpha value is -1.64. The number of hydrogen-bond donors (Lipinski definition) is 1. The lowest BCUT2D eigenvalue weighted by molar-refractivity contribution is 0.0939. The lowest BCUT2D eigenvalue weighted by atomic mass is 10.1. The number of piperidine rings is 1. The number of rotatable bonds is 7. The predicted octanol–water partition coefficient (Wildman–Crippen LogP) is 1.86. The molecule has 1 aliphatic heterocycles. The van der Waals surface area contributed by atoms with Gasteiger partial charge in [-0.2, -0.15) is 17.0 Å². The van der Waals surface area contributed by atoms with E-state index in [1.807, 2.05) is 13.8 Å². The zero-order chi connectivity index (χ0) is 19.3. The van der Waals surface area contributed by atoms with Crippen molar-refractivity contribution in [1.29, 1.82) is 0 Å². The normalized spacial score (nSPS) is 17.9. The second-order valence-corrected chi connectivity index (χ2v) is 8.96. The molecule has 0 unspecified atom stereocenters. The average Bonchev–Trinajstić information content (AvgIpc) is 2.62. The summed E-state index contributed by atoms with van der Waals surface area (Å²) in [7, 11) is -0.280. The van der Waals surface area contributed by atoms with Crippen LogP contribution in [0.25, 0.3) is 0 Å². The van der Waals surface area contributed by atoms with Gasteiger partial charge in [0.25, 0.3) is 16.1 Å². The largest absolute Gasteiger partial charge is 0.490 e. The molecular formula is C18H29N3O4S. The summed E-state index contributed by atoms with van der Waals surface area (Å²) in [5.41, 5.74) is 0.601. The molecule has 146 valence electrons. The van der Waals surface area contributed by atoms with Gasteiger partial charge in [-0.3, -0.25) is 4.79 Å². The standard InChI is InChI=1S/C18H29N3O4S/c1-5-14(2)19-18(22)15-6-8-16(9-7-15)25-17-10-12-21(13-11-17)26(23,24)20(3)4/h6-9,14,17H,5,10-13H2,1-4H3,(H,19,22)/t14-/m1/s1. The van der Waals surface area contributed by atoms with Crippen LogP contribution < -0.4 is 10.1 Å². The number of carbonyl (C=O) groups is 1. The fraction of sp³-hybridized carbons (Fsp3) is 0.611. The first-order valence-corrected chi connectivity index (χ1v) is 10.4. The van der Waals surface area contributed by atoms with Gasteiger partial charge in [0.05, 0.1) is 0 Å². The minimum Gasteiger partial charge on any atom is -0.490 e. The zero-order valence-electron chi connectivity index (χ0n) is 15.9. The van der Waals surface area contributed by atoms with Gasteiger partial charge in [-0.25, -0.2) is 0 Å². The maximum Gasteiger partial charge on any atom is 0.281 e. The SMILES string of the molecule is CC[C@@H](C)NC(=O)c1ccc(OC2CCN(S(=O)(=O)N(C)C)CC2)cc1. The molecular weight excluding hydrogens is 354 g/mol. The summed E-state index contributed by atoms with van der Waals surface area (Å²) in [6.45, 7) is 4.89. The van der Waals surface area contributed by atoms with Crippen molar-refractivity contribution in [2.75, 3.05) is 27.2 Å². The minimum atomic E-state index is -3.36. The Morgan fingerprint density at radius 3 is 2.35 bits per heavy atom. The summed E-state index contributed by atoms with van der Waals surface area (Å²) in [4.78, 5) is 12.1. The lowest BCUT2D eigenvalue weighted by Gasteiger charge is -2.32. The van der Waals surface area contributed by atoms with Crippen LogP contribution >= 0.6 is 0 Å². The van der Waals surface area contributed by atoms with Crippen molar-refractivity contribution in [3.05, 3.63) is 29.8 Å².